The lowest BCUT2D eigenvalue weighted by Crippen LogP contribution is -1.91. The zero-order valence-corrected chi connectivity index (χ0v) is 13.4. The Kier molecular flexibility index (Phi) is 2.23. The zero-order valence-electron chi connectivity index (χ0n) is 12.6. The van der Waals surface area contributed by atoms with Crippen molar-refractivity contribution >= 4 is 59.0 Å². The minimum atomic E-state index is 0.914. The van der Waals surface area contributed by atoms with Gasteiger partial charge in [0.2, 0.25) is 0 Å². The van der Waals surface area contributed by atoms with Gasteiger partial charge < -0.3 is 0 Å². The Bertz CT molecular complexity index is 1410. The van der Waals surface area contributed by atoms with Crippen LogP contribution in [0.25, 0.3) is 47.6 Å². The molecule has 0 radical (unpaired) electrons. The van der Waals surface area contributed by atoms with Gasteiger partial charge in [0.05, 0.1) is 5.52 Å². The molecule has 4 heterocycles. The average molecular weight is 325 g/mol. The predicted molar refractivity (Wildman–Crippen MR) is 101 cm³/mol. The molecule has 3 nitrogen and oxygen atoms in total. The molecule has 112 valence electrons. The maximum Gasteiger partial charge on any atom is 0.163 e. The maximum absolute atomic E-state index is 4.57. The molecule has 0 bridgehead atoms. The molecule has 0 fully saturated rings. The summed E-state index contributed by atoms with van der Waals surface area (Å²) in [5.74, 6) is 0. The van der Waals surface area contributed by atoms with Crippen molar-refractivity contribution in [3.05, 3.63) is 67.1 Å². The molecule has 0 aliphatic rings. The number of hydrogen-bond acceptors (Lipinski definition) is 3. The zero-order chi connectivity index (χ0) is 15.7. The SMILES string of the molecule is c1ccc2c(c1)sc1cc3c4cccnc4c4nccn4c3cc12. The Balaban J connectivity index is 1.97. The normalized spacial score (nSPS) is 12.2. The lowest BCUT2D eigenvalue weighted by Gasteiger charge is -2.08. The van der Waals surface area contributed by atoms with E-state index in [-0.39, 0.29) is 0 Å². The fourth-order valence-corrected chi connectivity index (χ4v) is 4.78. The standard InChI is InChI=1S/C20H11N3S/c1-2-6-17-12(4-1)15-10-16-14(11-18(15)24-17)13-5-3-7-21-19(13)20-22-8-9-23(16)20/h1-11H. The van der Waals surface area contributed by atoms with Crippen LogP contribution in [0.3, 0.4) is 0 Å². The second kappa shape index (κ2) is 4.30. The Morgan fingerprint density at radius 3 is 2.67 bits per heavy atom. The smallest absolute Gasteiger partial charge is 0.163 e. The number of hydrogen-bond donors (Lipinski definition) is 0. The van der Waals surface area contributed by atoms with Crippen LogP contribution in [0.4, 0.5) is 0 Å². The van der Waals surface area contributed by atoms with Crippen molar-refractivity contribution in [3.8, 4) is 0 Å². The first-order chi connectivity index (χ1) is 11.9. The topological polar surface area (TPSA) is 30.2 Å². The highest BCUT2D eigenvalue weighted by molar-refractivity contribution is 7.25. The van der Waals surface area contributed by atoms with Crippen LogP contribution < -0.4 is 0 Å². The summed E-state index contributed by atoms with van der Waals surface area (Å²) in [5.41, 5.74) is 3.05. The Labute approximate surface area is 140 Å². The summed E-state index contributed by atoms with van der Waals surface area (Å²) in [7, 11) is 0. The monoisotopic (exact) mass is 325 g/mol. The maximum atomic E-state index is 4.57. The molecule has 6 rings (SSSR count). The molecule has 0 saturated heterocycles. The van der Waals surface area contributed by atoms with Crippen LogP contribution in [0.1, 0.15) is 0 Å². The summed E-state index contributed by atoms with van der Waals surface area (Å²) in [5, 5.41) is 5.01. The van der Waals surface area contributed by atoms with E-state index in [4.69, 9.17) is 0 Å². The van der Waals surface area contributed by atoms with E-state index in [0.29, 0.717) is 0 Å². The number of aromatic nitrogens is 3. The average Bonchev–Trinajstić information content (AvgIpc) is 3.25. The second-order valence-corrected chi connectivity index (χ2v) is 7.07. The summed E-state index contributed by atoms with van der Waals surface area (Å²) >= 11 is 1.85. The fourth-order valence-electron chi connectivity index (χ4n) is 3.65. The van der Waals surface area contributed by atoms with E-state index >= 15 is 0 Å². The minimum Gasteiger partial charge on any atom is -0.298 e. The molecule has 24 heavy (non-hydrogen) atoms. The Morgan fingerprint density at radius 2 is 1.67 bits per heavy atom. The van der Waals surface area contributed by atoms with Gasteiger partial charge >= 0.3 is 0 Å². The van der Waals surface area contributed by atoms with Crippen molar-refractivity contribution in [2.75, 3.05) is 0 Å². The van der Waals surface area contributed by atoms with Crippen LogP contribution in [0.15, 0.2) is 67.1 Å². The van der Waals surface area contributed by atoms with Gasteiger partial charge in [0.1, 0.15) is 5.52 Å². The number of pyridine rings is 2. The molecule has 0 aliphatic carbocycles. The number of fused-ring (bicyclic) bond motifs is 9. The van der Waals surface area contributed by atoms with Crippen molar-refractivity contribution in [1.82, 2.24) is 14.4 Å². The first kappa shape index (κ1) is 12.4. The van der Waals surface area contributed by atoms with Crippen molar-refractivity contribution in [2.45, 2.75) is 0 Å². The Morgan fingerprint density at radius 1 is 0.750 bits per heavy atom. The van der Waals surface area contributed by atoms with Crippen molar-refractivity contribution in [3.63, 3.8) is 0 Å². The van der Waals surface area contributed by atoms with E-state index in [1.54, 1.807) is 0 Å². The Hall–Kier alpha value is -2.98. The van der Waals surface area contributed by atoms with Crippen molar-refractivity contribution in [2.24, 2.45) is 0 Å². The lowest BCUT2D eigenvalue weighted by atomic mass is 10.1. The summed E-state index contributed by atoms with van der Waals surface area (Å²) in [6.07, 6.45) is 5.70. The number of imidazole rings is 1. The van der Waals surface area contributed by atoms with Crippen LogP contribution in [0.2, 0.25) is 0 Å². The van der Waals surface area contributed by atoms with Gasteiger partial charge in [-0.3, -0.25) is 9.38 Å². The van der Waals surface area contributed by atoms with E-state index < -0.39 is 0 Å². The van der Waals surface area contributed by atoms with Gasteiger partial charge in [-0.1, -0.05) is 24.3 Å². The molecule has 4 aromatic heterocycles. The van der Waals surface area contributed by atoms with Crippen LogP contribution in [0.5, 0.6) is 0 Å². The summed E-state index contributed by atoms with van der Waals surface area (Å²) < 4.78 is 4.79. The molecule has 0 spiro atoms. The van der Waals surface area contributed by atoms with Gasteiger partial charge in [0, 0.05) is 49.5 Å². The van der Waals surface area contributed by atoms with E-state index in [1.165, 1.54) is 31.1 Å². The van der Waals surface area contributed by atoms with Crippen LogP contribution >= 0.6 is 11.3 Å². The molecule has 0 saturated carbocycles. The summed E-state index contributed by atoms with van der Waals surface area (Å²) in [4.78, 5) is 9.10. The van der Waals surface area contributed by atoms with Crippen LogP contribution in [-0.4, -0.2) is 14.4 Å². The first-order valence-corrected chi connectivity index (χ1v) is 8.66. The van der Waals surface area contributed by atoms with E-state index in [0.717, 1.165) is 16.6 Å². The van der Waals surface area contributed by atoms with Gasteiger partial charge in [-0.25, -0.2) is 4.98 Å². The molecule has 2 aromatic carbocycles. The van der Waals surface area contributed by atoms with Gasteiger partial charge in [0.25, 0.3) is 0 Å². The molecule has 0 atom stereocenters. The number of thiophene rings is 1. The second-order valence-electron chi connectivity index (χ2n) is 5.98. The minimum absolute atomic E-state index is 0.914. The van der Waals surface area contributed by atoms with E-state index in [1.807, 2.05) is 36.0 Å². The number of rotatable bonds is 0. The van der Waals surface area contributed by atoms with Gasteiger partial charge in [-0.15, -0.1) is 11.3 Å². The summed E-state index contributed by atoms with van der Waals surface area (Å²) in [6, 6.07) is 17.3. The van der Waals surface area contributed by atoms with Gasteiger partial charge in [0.15, 0.2) is 5.65 Å². The third-order valence-electron chi connectivity index (χ3n) is 4.71. The molecule has 0 aliphatic heterocycles. The quantitative estimate of drug-likeness (QED) is 0.350. The fraction of sp³-hybridized carbons (Fsp3) is 0. The van der Waals surface area contributed by atoms with Crippen molar-refractivity contribution < 1.29 is 0 Å². The highest BCUT2D eigenvalue weighted by Gasteiger charge is 2.13. The predicted octanol–water partition coefficient (Wildman–Crippen LogP) is 5.40. The lowest BCUT2D eigenvalue weighted by molar-refractivity contribution is 1.26. The summed E-state index contributed by atoms with van der Waals surface area (Å²) in [6.45, 7) is 0. The van der Waals surface area contributed by atoms with Gasteiger partial charge in [-0.2, -0.15) is 0 Å². The van der Waals surface area contributed by atoms with E-state index in [9.17, 15) is 0 Å². The van der Waals surface area contributed by atoms with Gasteiger partial charge in [-0.05, 0) is 24.3 Å². The molecule has 0 unspecified atom stereocenters. The molecule has 4 heteroatoms. The third-order valence-corrected chi connectivity index (χ3v) is 5.84. The number of nitrogens with zero attached hydrogens (tertiary/aromatic N) is 3. The molecule has 6 aromatic rings. The number of benzene rings is 2. The van der Waals surface area contributed by atoms with Crippen LogP contribution in [-0.2, 0) is 0 Å². The highest BCUT2D eigenvalue weighted by atomic mass is 32.1. The highest BCUT2D eigenvalue weighted by Crippen LogP contribution is 2.38. The van der Waals surface area contributed by atoms with E-state index in [2.05, 4.69) is 56.8 Å². The molecule has 0 amide bonds. The molecular weight excluding hydrogens is 314 g/mol. The van der Waals surface area contributed by atoms with Crippen LogP contribution in [0, 0.1) is 0 Å². The largest absolute Gasteiger partial charge is 0.298 e. The third kappa shape index (κ3) is 1.46. The molecule has 0 N–H and O–H groups in total. The van der Waals surface area contributed by atoms with Crippen molar-refractivity contribution in [1.29, 1.82) is 0 Å². The molecular formula is C20H11N3S. The first-order valence-electron chi connectivity index (χ1n) is 7.85.